The first-order valence-electron chi connectivity index (χ1n) is 8.52. The van der Waals surface area contributed by atoms with Gasteiger partial charge in [-0.25, -0.2) is 0 Å². The number of nitro groups is 1. The van der Waals surface area contributed by atoms with Gasteiger partial charge in [0, 0.05) is 0 Å². The van der Waals surface area contributed by atoms with Gasteiger partial charge >= 0.3 is 0 Å². The Kier molecular flexibility index (Phi) is 6.05. The van der Waals surface area contributed by atoms with E-state index in [1.165, 1.54) is 19.2 Å². The monoisotopic (exact) mass is 372 g/mol. The summed E-state index contributed by atoms with van der Waals surface area (Å²) in [6.45, 7) is 7.92. The molecule has 0 aliphatic heterocycles. The van der Waals surface area contributed by atoms with Crippen LogP contribution < -0.4 is 14.8 Å². The van der Waals surface area contributed by atoms with E-state index in [0.717, 1.165) is 5.56 Å². The second-order valence-corrected chi connectivity index (χ2v) is 7.16. The molecule has 1 atom stereocenters. The number of hydrogen-bond acceptors (Lipinski definition) is 5. The van der Waals surface area contributed by atoms with E-state index in [9.17, 15) is 14.9 Å². The third kappa shape index (κ3) is 5.20. The number of anilines is 1. The number of hydrogen-bond donors (Lipinski definition) is 1. The number of carbonyl (C=O) groups is 1. The molecule has 7 heteroatoms. The van der Waals surface area contributed by atoms with Crippen LogP contribution in [0.5, 0.6) is 11.5 Å². The molecule has 0 radical (unpaired) electrons. The number of methoxy groups -OCH3 is 1. The standard InChI is InChI=1S/C20H24N2O5/c1-13(27-15-8-6-14(7-9-15)20(2,3)4)19(23)21-17-11-10-16(26-5)12-18(17)22(24)25/h6-13H,1-5H3,(H,21,23)/t13-/m0/s1. The van der Waals surface area contributed by atoms with Crippen molar-refractivity contribution in [3.05, 3.63) is 58.1 Å². The van der Waals surface area contributed by atoms with Gasteiger partial charge in [-0.05, 0) is 42.2 Å². The van der Waals surface area contributed by atoms with E-state index in [4.69, 9.17) is 9.47 Å². The van der Waals surface area contributed by atoms with Gasteiger partial charge in [-0.1, -0.05) is 32.9 Å². The number of amides is 1. The Morgan fingerprint density at radius 2 is 1.70 bits per heavy atom. The summed E-state index contributed by atoms with van der Waals surface area (Å²) < 4.78 is 10.6. The molecule has 0 saturated heterocycles. The predicted molar refractivity (Wildman–Crippen MR) is 104 cm³/mol. The third-order valence-electron chi connectivity index (χ3n) is 4.06. The Balaban J connectivity index is 2.09. The zero-order valence-electron chi connectivity index (χ0n) is 16.1. The molecule has 1 amide bonds. The zero-order valence-corrected chi connectivity index (χ0v) is 16.1. The van der Waals surface area contributed by atoms with Crippen molar-refractivity contribution >= 4 is 17.3 Å². The number of ether oxygens (including phenoxy) is 2. The fourth-order valence-corrected chi connectivity index (χ4v) is 2.42. The van der Waals surface area contributed by atoms with Crippen molar-refractivity contribution in [2.45, 2.75) is 39.2 Å². The number of nitrogens with one attached hydrogen (secondary N) is 1. The second-order valence-electron chi connectivity index (χ2n) is 7.16. The summed E-state index contributed by atoms with van der Waals surface area (Å²) in [5.74, 6) is 0.404. The van der Waals surface area contributed by atoms with Gasteiger partial charge in [-0.2, -0.15) is 0 Å². The summed E-state index contributed by atoms with van der Waals surface area (Å²) in [5.41, 5.74) is 1.02. The molecule has 0 saturated carbocycles. The van der Waals surface area contributed by atoms with Crippen LogP contribution in [0.3, 0.4) is 0 Å². The van der Waals surface area contributed by atoms with Crippen LogP contribution in [0.2, 0.25) is 0 Å². The summed E-state index contributed by atoms with van der Waals surface area (Å²) in [7, 11) is 1.41. The Labute approximate surface area is 158 Å². The van der Waals surface area contributed by atoms with Crippen molar-refractivity contribution in [1.29, 1.82) is 0 Å². The van der Waals surface area contributed by atoms with E-state index in [1.54, 1.807) is 25.1 Å². The molecule has 2 aromatic carbocycles. The molecular formula is C20H24N2O5. The van der Waals surface area contributed by atoms with Crippen LogP contribution in [0.25, 0.3) is 0 Å². The maximum absolute atomic E-state index is 12.4. The van der Waals surface area contributed by atoms with Crippen molar-refractivity contribution < 1.29 is 19.2 Å². The minimum atomic E-state index is -0.827. The normalized spacial score (nSPS) is 12.2. The van der Waals surface area contributed by atoms with Gasteiger partial charge in [0.25, 0.3) is 11.6 Å². The number of nitrogens with zero attached hydrogens (tertiary/aromatic N) is 1. The van der Waals surface area contributed by atoms with Gasteiger partial charge in [-0.3, -0.25) is 14.9 Å². The Morgan fingerprint density at radius 1 is 1.11 bits per heavy atom. The van der Waals surface area contributed by atoms with E-state index in [2.05, 4.69) is 26.1 Å². The van der Waals surface area contributed by atoms with Crippen LogP contribution in [-0.4, -0.2) is 24.0 Å². The number of carbonyl (C=O) groups excluding carboxylic acids is 1. The molecule has 0 aliphatic carbocycles. The minimum absolute atomic E-state index is 0.0226. The van der Waals surface area contributed by atoms with Gasteiger partial charge in [0.05, 0.1) is 18.1 Å². The van der Waals surface area contributed by atoms with Crippen molar-refractivity contribution in [1.82, 2.24) is 0 Å². The van der Waals surface area contributed by atoms with E-state index in [0.29, 0.717) is 11.5 Å². The van der Waals surface area contributed by atoms with Crippen LogP contribution in [0.1, 0.15) is 33.3 Å². The van der Waals surface area contributed by atoms with Gasteiger partial charge in [-0.15, -0.1) is 0 Å². The van der Waals surface area contributed by atoms with Gasteiger partial charge < -0.3 is 14.8 Å². The van der Waals surface area contributed by atoms with E-state index < -0.39 is 16.9 Å². The van der Waals surface area contributed by atoms with E-state index in [-0.39, 0.29) is 16.8 Å². The Bertz CT molecular complexity index is 825. The lowest BCUT2D eigenvalue weighted by Crippen LogP contribution is -2.30. The predicted octanol–water partition coefficient (Wildman–Crippen LogP) is 4.31. The Hall–Kier alpha value is -3.09. The maximum atomic E-state index is 12.4. The van der Waals surface area contributed by atoms with Crippen LogP contribution in [0.4, 0.5) is 11.4 Å². The molecule has 144 valence electrons. The molecule has 2 aromatic rings. The highest BCUT2D eigenvalue weighted by Gasteiger charge is 2.21. The molecule has 2 rings (SSSR count). The summed E-state index contributed by atoms with van der Waals surface area (Å²) in [6, 6.07) is 11.7. The van der Waals surface area contributed by atoms with Crippen molar-refractivity contribution in [3.8, 4) is 11.5 Å². The molecular weight excluding hydrogens is 348 g/mol. The first-order valence-corrected chi connectivity index (χ1v) is 8.52. The van der Waals surface area contributed by atoms with E-state index in [1.807, 2.05) is 12.1 Å². The SMILES string of the molecule is COc1ccc(NC(=O)[C@H](C)Oc2ccc(C(C)(C)C)cc2)c([N+](=O)[O-])c1. The minimum Gasteiger partial charge on any atom is -0.496 e. The second kappa shape index (κ2) is 8.07. The van der Waals surface area contributed by atoms with Crippen LogP contribution in [0.15, 0.2) is 42.5 Å². The molecule has 0 unspecified atom stereocenters. The number of nitro benzene ring substituents is 1. The van der Waals surface area contributed by atoms with Crippen molar-refractivity contribution in [2.24, 2.45) is 0 Å². The van der Waals surface area contributed by atoms with Crippen molar-refractivity contribution in [2.75, 3.05) is 12.4 Å². The third-order valence-corrected chi connectivity index (χ3v) is 4.06. The van der Waals surface area contributed by atoms with Crippen LogP contribution >= 0.6 is 0 Å². The highest BCUT2D eigenvalue weighted by Crippen LogP contribution is 2.29. The first kappa shape index (κ1) is 20.2. The summed E-state index contributed by atoms with van der Waals surface area (Å²) in [4.78, 5) is 23.0. The molecule has 1 N–H and O–H groups in total. The molecule has 0 fully saturated rings. The van der Waals surface area contributed by atoms with Crippen molar-refractivity contribution in [3.63, 3.8) is 0 Å². The van der Waals surface area contributed by atoms with Crippen LogP contribution in [0, 0.1) is 10.1 Å². The molecule has 0 spiro atoms. The Morgan fingerprint density at radius 3 is 2.22 bits per heavy atom. The highest BCUT2D eigenvalue weighted by molar-refractivity contribution is 5.96. The molecule has 27 heavy (non-hydrogen) atoms. The fourth-order valence-electron chi connectivity index (χ4n) is 2.42. The molecule has 0 heterocycles. The quantitative estimate of drug-likeness (QED) is 0.603. The molecule has 0 aliphatic rings. The lowest BCUT2D eigenvalue weighted by molar-refractivity contribution is -0.384. The largest absolute Gasteiger partial charge is 0.496 e. The molecule has 0 bridgehead atoms. The average molecular weight is 372 g/mol. The van der Waals surface area contributed by atoms with E-state index >= 15 is 0 Å². The molecule has 0 aromatic heterocycles. The summed E-state index contributed by atoms with van der Waals surface area (Å²) >= 11 is 0. The van der Waals surface area contributed by atoms with Crippen LogP contribution in [-0.2, 0) is 10.2 Å². The zero-order chi connectivity index (χ0) is 20.2. The number of benzene rings is 2. The average Bonchev–Trinajstić information content (AvgIpc) is 2.61. The lowest BCUT2D eigenvalue weighted by atomic mass is 9.87. The number of rotatable bonds is 6. The maximum Gasteiger partial charge on any atom is 0.296 e. The van der Waals surface area contributed by atoms with Gasteiger partial charge in [0.15, 0.2) is 6.10 Å². The summed E-state index contributed by atoms with van der Waals surface area (Å²) in [6.07, 6.45) is -0.827. The fraction of sp³-hybridized carbons (Fsp3) is 0.350. The lowest BCUT2D eigenvalue weighted by Gasteiger charge is -2.20. The first-order chi connectivity index (χ1) is 12.6. The topological polar surface area (TPSA) is 90.7 Å². The smallest absolute Gasteiger partial charge is 0.296 e. The van der Waals surface area contributed by atoms with Gasteiger partial charge in [0.2, 0.25) is 0 Å². The summed E-state index contributed by atoms with van der Waals surface area (Å²) in [5, 5.41) is 13.8. The highest BCUT2D eigenvalue weighted by atomic mass is 16.6. The molecule has 7 nitrogen and oxygen atoms in total. The van der Waals surface area contributed by atoms with Gasteiger partial charge in [0.1, 0.15) is 17.2 Å².